The second-order valence-electron chi connectivity index (χ2n) is 3.67. The Hall–Kier alpha value is -1.95. The Kier molecular flexibility index (Phi) is 3.06. The van der Waals surface area contributed by atoms with E-state index in [4.69, 9.17) is 0 Å². The summed E-state index contributed by atoms with van der Waals surface area (Å²) in [6.07, 6.45) is 3.14. The lowest BCUT2D eigenvalue weighted by atomic mass is 9.93. The number of rotatable bonds is 4. The van der Waals surface area contributed by atoms with Gasteiger partial charge in [-0.1, -0.05) is 6.07 Å². The largest absolute Gasteiger partial charge is 0.479 e. The summed E-state index contributed by atoms with van der Waals surface area (Å²) in [4.78, 5) is 19.4. The normalized spacial score (nSPS) is 13.9. The van der Waals surface area contributed by atoms with Gasteiger partial charge in [-0.15, -0.1) is 11.3 Å². The molecule has 2 aromatic heterocycles. The molecule has 2 rings (SSSR count). The molecule has 0 spiro atoms. The molecule has 0 aromatic carbocycles. The first-order valence-electron chi connectivity index (χ1n) is 4.93. The summed E-state index contributed by atoms with van der Waals surface area (Å²) in [5.74, 6) is -0.428. The summed E-state index contributed by atoms with van der Waals surface area (Å²) in [6.45, 7) is 1.59. The molecule has 0 radical (unpaired) electrons. The average molecular weight is 249 g/mol. The number of hydrogen-bond acceptors (Lipinski definition) is 5. The van der Waals surface area contributed by atoms with Crippen molar-refractivity contribution in [2.45, 2.75) is 12.5 Å². The van der Waals surface area contributed by atoms with Crippen molar-refractivity contribution in [2.24, 2.45) is 0 Å². The molecule has 5 nitrogen and oxygen atoms in total. The van der Waals surface area contributed by atoms with Gasteiger partial charge in [0.05, 0.1) is 5.51 Å². The maximum atomic E-state index is 11.4. The van der Waals surface area contributed by atoms with Crippen molar-refractivity contribution in [3.63, 3.8) is 0 Å². The Morgan fingerprint density at radius 3 is 2.94 bits per heavy atom. The van der Waals surface area contributed by atoms with Crippen molar-refractivity contribution < 1.29 is 9.90 Å². The lowest BCUT2D eigenvalue weighted by Gasteiger charge is -2.26. The van der Waals surface area contributed by atoms with Crippen LogP contribution in [-0.2, 0) is 10.3 Å². The van der Waals surface area contributed by atoms with Crippen LogP contribution < -0.4 is 5.32 Å². The lowest BCUT2D eigenvalue weighted by molar-refractivity contribution is -0.142. The second kappa shape index (κ2) is 4.50. The standard InChI is InChI=1S/C11H11N3O2S/c1-11(10(15)16,8-3-2-4-12-5-8)14-9-6-17-7-13-9/h2-7,14H,1H3,(H,15,16). The van der Waals surface area contributed by atoms with E-state index in [0.29, 0.717) is 11.4 Å². The Balaban J connectivity index is 2.37. The number of aliphatic carboxylic acids is 1. The number of thiazole rings is 1. The van der Waals surface area contributed by atoms with Gasteiger partial charge in [0.1, 0.15) is 5.82 Å². The highest BCUT2D eigenvalue weighted by Crippen LogP contribution is 2.25. The topological polar surface area (TPSA) is 75.1 Å². The zero-order valence-corrected chi connectivity index (χ0v) is 9.94. The third kappa shape index (κ3) is 2.26. The van der Waals surface area contributed by atoms with E-state index in [1.54, 1.807) is 36.1 Å². The Morgan fingerprint density at radius 2 is 2.41 bits per heavy atom. The van der Waals surface area contributed by atoms with Gasteiger partial charge in [-0.05, 0) is 13.0 Å². The molecule has 0 amide bonds. The zero-order valence-electron chi connectivity index (χ0n) is 9.12. The summed E-state index contributed by atoms with van der Waals surface area (Å²) >= 11 is 1.41. The monoisotopic (exact) mass is 249 g/mol. The number of hydrogen-bond donors (Lipinski definition) is 2. The summed E-state index contributed by atoms with van der Waals surface area (Å²) in [5.41, 5.74) is 0.997. The summed E-state index contributed by atoms with van der Waals surface area (Å²) in [6, 6.07) is 3.43. The molecule has 17 heavy (non-hydrogen) atoms. The molecule has 2 aromatic rings. The zero-order chi connectivity index (χ0) is 12.3. The van der Waals surface area contributed by atoms with E-state index in [1.807, 2.05) is 0 Å². The molecule has 0 bridgehead atoms. The summed E-state index contributed by atoms with van der Waals surface area (Å²) < 4.78 is 0. The molecular weight excluding hydrogens is 238 g/mol. The van der Waals surface area contributed by atoms with Crippen molar-refractivity contribution in [3.05, 3.63) is 41.0 Å². The lowest BCUT2D eigenvalue weighted by Crippen LogP contribution is -2.40. The van der Waals surface area contributed by atoms with E-state index >= 15 is 0 Å². The van der Waals surface area contributed by atoms with Gasteiger partial charge in [0.2, 0.25) is 0 Å². The van der Waals surface area contributed by atoms with Gasteiger partial charge < -0.3 is 10.4 Å². The fourth-order valence-electron chi connectivity index (χ4n) is 1.44. The highest BCUT2D eigenvalue weighted by molar-refractivity contribution is 7.07. The van der Waals surface area contributed by atoms with E-state index in [9.17, 15) is 9.90 Å². The van der Waals surface area contributed by atoms with Gasteiger partial charge in [0.15, 0.2) is 5.54 Å². The van der Waals surface area contributed by atoms with Crippen molar-refractivity contribution in [2.75, 3.05) is 5.32 Å². The molecule has 0 aliphatic carbocycles. The number of carbonyl (C=O) groups is 1. The van der Waals surface area contributed by atoms with Crippen LogP contribution in [0.1, 0.15) is 12.5 Å². The molecule has 0 saturated carbocycles. The third-order valence-electron chi connectivity index (χ3n) is 2.48. The second-order valence-corrected chi connectivity index (χ2v) is 4.39. The molecule has 88 valence electrons. The molecule has 0 saturated heterocycles. The van der Waals surface area contributed by atoms with Crippen LogP contribution in [0.5, 0.6) is 0 Å². The van der Waals surface area contributed by atoms with Crippen LogP contribution in [0.2, 0.25) is 0 Å². The van der Waals surface area contributed by atoms with Crippen LogP contribution in [0.4, 0.5) is 5.82 Å². The minimum Gasteiger partial charge on any atom is -0.479 e. The average Bonchev–Trinajstić information content (AvgIpc) is 2.82. The molecule has 1 unspecified atom stereocenters. The fourth-order valence-corrected chi connectivity index (χ4v) is 1.92. The van der Waals surface area contributed by atoms with Crippen molar-refractivity contribution in [1.29, 1.82) is 0 Å². The molecule has 0 fully saturated rings. The number of nitrogens with zero attached hydrogens (tertiary/aromatic N) is 2. The van der Waals surface area contributed by atoms with Crippen molar-refractivity contribution in [1.82, 2.24) is 9.97 Å². The fraction of sp³-hybridized carbons (Fsp3) is 0.182. The van der Waals surface area contributed by atoms with Crippen molar-refractivity contribution >= 4 is 23.1 Å². The van der Waals surface area contributed by atoms with Crippen LogP contribution in [0.25, 0.3) is 0 Å². The predicted octanol–water partition coefficient (Wildman–Crippen LogP) is 1.95. The van der Waals surface area contributed by atoms with Gasteiger partial charge in [-0.25, -0.2) is 9.78 Å². The first kappa shape index (κ1) is 11.5. The molecule has 0 aliphatic heterocycles. The SMILES string of the molecule is CC(Nc1cscn1)(C(=O)O)c1cccnc1. The van der Waals surface area contributed by atoms with Gasteiger partial charge in [0.25, 0.3) is 0 Å². The first-order valence-corrected chi connectivity index (χ1v) is 5.87. The highest BCUT2D eigenvalue weighted by atomic mass is 32.1. The number of aromatic nitrogens is 2. The number of carboxylic acids is 1. The minimum atomic E-state index is -1.23. The number of nitrogens with one attached hydrogen (secondary N) is 1. The van der Waals surface area contributed by atoms with E-state index in [-0.39, 0.29) is 0 Å². The van der Waals surface area contributed by atoms with Gasteiger partial charge >= 0.3 is 5.97 Å². The summed E-state index contributed by atoms with van der Waals surface area (Å²) in [5, 5.41) is 14.0. The van der Waals surface area contributed by atoms with Crippen LogP contribution in [0.15, 0.2) is 35.4 Å². The van der Waals surface area contributed by atoms with E-state index < -0.39 is 11.5 Å². The number of carboxylic acid groups (broad SMARTS) is 1. The molecule has 2 heterocycles. The number of anilines is 1. The first-order chi connectivity index (χ1) is 8.13. The Morgan fingerprint density at radius 1 is 1.59 bits per heavy atom. The number of pyridine rings is 1. The van der Waals surface area contributed by atoms with Crippen LogP contribution in [0.3, 0.4) is 0 Å². The molecule has 6 heteroatoms. The van der Waals surface area contributed by atoms with E-state index in [0.717, 1.165) is 0 Å². The molecule has 0 aliphatic rings. The Bertz CT molecular complexity index is 501. The summed E-state index contributed by atoms with van der Waals surface area (Å²) in [7, 11) is 0. The van der Waals surface area contributed by atoms with Crippen molar-refractivity contribution in [3.8, 4) is 0 Å². The van der Waals surface area contributed by atoms with Crippen LogP contribution in [-0.4, -0.2) is 21.0 Å². The smallest absolute Gasteiger partial charge is 0.333 e. The van der Waals surface area contributed by atoms with Gasteiger partial charge in [0, 0.05) is 23.3 Å². The molecule has 1 atom stereocenters. The molecule has 2 N–H and O–H groups in total. The maximum Gasteiger partial charge on any atom is 0.333 e. The predicted molar refractivity (Wildman–Crippen MR) is 65.0 cm³/mol. The van der Waals surface area contributed by atoms with E-state index in [2.05, 4.69) is 15.3 Å². The van der Waals surface area contributed by atoms with Gasteiger partial charge in [-0.3, -0.25) is 4.98 Å². The quantitative estimate of drug-likeness (QED) is 0.866. The molecular formula is C11H11N3O2S. The Labute approximate surface area is 102 Å². The van der Waals surface area contributed by atoms with E-state index in [1.165, 1.54) is 17.5 Å². The van der Waals surface area contributed by atoms with Crippen LogP contribution in [0, 0.1) is 0 Å². The van der Waals surface area contributed by atoms with Gasteiger partial charge in [-0.2, -0.15) is 0 Å². The third-order valence-corrected chi connectivity index (χ3v) is 3.06. The highest BCUT2D eigenvalue weighted by Gasteiger charge is 2.35. The maximum absolute atomic E-state index is 11.4. The van der Waals surface area contributed by atoms with Crippen LogP contribution >= 0.6 is 11.3 Å². The minimum absolute atomic E-state index is 0.545.